The minimum atomic E-state index is 0.212. The number of carbonyl (C=O) groups is 1. The summed E-state index contributed by atoms with van der Waals surface area (Å²) in [5.41, 5.74) is 1.17. The fraction of sp³-hybridized carbons (Fsp3) is 0.545. The molecule has 0 radical (unpaired) electrons. The van der Waals surface area contributed by atoms with E-state index in [0.717, 1.165) is 20.8 Å². The Bertz CT molecular complexity index is 347. The fourth-order valence-corrected chi connectivity index (χ4v) is 4.56. The Morgan fingerprint density at radius 2 is 2.33 bits per heavy atom. The van der Waals surface area contributed by atoms with Crippen LogP contribution in [-0.4, -0.2) is 16.8 Å². The Morgan fingerprint density at radius 1 is 1.53 bits per heavy atom. The second-order valence-corrected chi connectivity index (χ2v) is 7.47. The zero-order valence-corrected chi connectivity index (χ0v) is 11.8. The number of thiophene rings is 1. The largest absolute Gasteiger partial charge is 0.292 e. The first kappa shape index (κ1) is 11.7. The highest BCUT2D eigenvalue weighted by molar-refractivity contribution is 9.11. The molecular formula is C11H13BrOS2. The Hall–Kier alpha value is 0.200. The molecule has 1 aromatic heterocycles. The highest BCUT2D eigenvalue weighted by Gasteiger charge is 2.24. The summed E-state index contributed by atoms with van der Waals surface area (Å²) in [4.78, 5) is 13.0. The van der Waals surface area contributed by atoms with E-state index in [0.29, 0.717) is 5.78 Å². The zero-order valence-electron chi connectivity index (χ0n) is 8.59. The van der Waals surface area contributed by atoms with Crippen LogP contribution in [0.3, 0.4) is 0 Å². The topological polar surface area (TPSA) is 17.1 Å². The third-order valence-electron chi connectivity index (χ3n) is 2.57. The maximum absolute atomic E-state index is 12.1. The smallest absolute Gasteiger partial charge is 0.185 e. The SMILES string of the molecule is Cc1cc(C(=O)C2CCCCS2)sc1Br. The molecule has 0 saturated carbocycles. The molecule has 1 aliphatic heterocycles. The van der Waals surface area contributed by atoms with Gasteiger partial charge in [-0.05, 0) is 53.1 Å². The predicted molar refractivity (Wildman–Crippen MR) is 71.2 cm³/mol. The lowest BCUT2D eigenvalue weighted by molar-refractivity contribution is 0.0988. The minimum absolute atomic E-state index is 0.212. The van der Waals surface area contributed by atoms with Crippen LogP contribution in [0.15, 0.2) is 9.85 Å². The average Bonchev–Trinajstić information content (AvgIpc) is 2.59. The quantitative estimate of drug-likeness (QED) is 0.758. The molecule has 2 rings (SSSR count). The van der Waals surface area contributed by atoms with Gasteiger partial charge in [0.25, 0.3) is 0 Å². The number of Topliss-reactive ketones (excluding diaryl/α,β-unsaturated/α-hetero) is 1. The molecule has 2 heterocycles. The minimum Gasteiger partial charge on any atom is -0.292 e. The number of carbonyl (C=O) groups excluding carboxylic acids is 1. The molecule has 1 aliphatic rings. The normalized spacial score (nSPS) is 21.6. The number of hydrogen-bond acceptors (Lipinski definition) is 3. The van der Waals surface area contributed by atoms with Gasteiger partial charge in [-0.1, -0.05) is 6.42 Å². The van der Waals surface area contributed by atoms with Crippen LogP contribution in [-0.2, 0) is 0 Å². The van der Waals surface area contributed by atoms with Gasteiger partial charge in [-0.15, -0.1) is 11.3 Å². The highest BCUT2D eigenvalue weighted by Crippen LogP contribution is 2.33. The molecule has 15 heavy (non-hydrogen) atoms. The molecular weight excluding hydrogens is 292 g/mol. The number of ketones is 1. The van der Waals surface area contributed by atoms with Gasteiger partial charge in [0.05, 0.1) is 13.9 Å². The summed E-state index contributed by atoms with van der Waals surface area (Å²) in [6.45, 7) is 2.03. The van der Waals surface area contributed by atoms with Crippen LogP contribution in [0.2, 0.25) is 0 Å². The second-order valence-electron chi connectivity index (χ2n) is 3.79. The fourth-order valence-electron chi connectivity index (χ4n) is 1.69. The number of halogens is 1. The Kier molecular flexibility index (Phi) is 3.91. The van der Waals surface area contributed by atoms with Gasteiger partial charge in [0, 0.05) is 0 Å². The molecule has 1 saturated heterocycles. The zero-order chi connectivity index (χ0) is 10.8. The standard InChI is InChI=1S/C11H13BrOS2/c1-7-6-9(15-11(7)12)10(13)8-4-2-3-5-14-8/h6,8H,2-5H2,1H3. The molecule has 0 bridgehead atoms. The van der Waals surface area contributed by atoms with Crippen LogP contribution in [0, 0.1) is 6.92 Å². The first-order chi connectivity index (χ1) is 7.18. The van der Waals surface area contributed by atoms with Gasteiger partial charge in [0.1, 0.15) is 0 Å². The summed E-state index contributed by atoms with van der Waals surface area (Å²) in [5, 5.41) is 0.212. The van der Waals surface area contributed by atoms with E-state index in [1.165, 1.54) is 18.4 Å². The van der Waals surface area contributed by atoms with Crippen molar-refractivity contribution in [1.29, 1.82) is 0 Å². The summed E-state index contributed by atoms with van der Waals surface area (Å²) in [6, 6.07) is 2.01. The molecule has 1 atom stereocenters. The monoisotopic (exact) mass is 304 g/mol. The molecule has 0 spiro atoms. The van der Waals surface area contributed by atoms with Gasteiger partial charge in [0.2, 0.25) is 0 Å². The van der Waals surface area contributed by atoms with Crippen molar-refractivity contribution in [2.45, 2.75) is 31.4 Å². The third-order valence-corrected chi connectivity index (χ3v) is 6.10. The molecule has 0 N–H and O–H groups in total. The summed E-state index contributed by atoms with van der Waals surface area (Å²) in [6.07, 6.45) is 3.52. The van der Waals surface area contributed by atoms with Crippen LogP contribution in [0.4, 0.5) is 0 Å². The van der Waals surface area contributed by atoms with Crippen LogP contribution in [0.5, 0.6) is 0 Å². The van der Waals surface area contributed by atoms with Gasteiger partial charge in [0.15, 0.2) is 5.78 Å². The first-order valence-electron chi connectivity index (χ1n) is 5.10. The van der Waals surface area contributed by atoms with Crippen molar-refractivity contribution in [3.63, 3.8) is 0 Å². The Morgan fingerprint density at radius 3 is 2.87 bits per heavy atom. The predicted octanol–water partition coefficient (Wildman–Crippen LogP) is 4.29. The van der Waals surface area contributed by atoms with Crippen LogP contribution in [0.25, 0.3) is 0 Å². The summed E-state index contributed by atoms with van der Waals surface area (Å²) in [5.74, 6) is 1.47. The van der Waals surface area contributed by atoms with Crippen molar-refractivity contribution in [3.8, 4) is 0 Å². The average molecular weight is 305 g/mol. The molecule has 1 fully saturated rings. The van der Waals surface area contributed by atoms with Crippen LogP contribution in [0.1, 0.15) is 34.5 Å². The lowest BCUT2D eigenvalue weighted by Crippen LogP contribution is -2.20. The van der Waals surface area contributed by atoms with Gasteiger partial charge in [-0.3, -0.25) is 4.79 Å². The van der Waals surface area contributed by atoms with Crippen molar-refractivity contribution in [2.24, 2.45) is 0 Å². The lowest BCUT2D eigenvalue weighted by atomic mass is 10.1. The molecule has 0 aliphatic carbocycles. The Labute approximate surface area is 107 Å². The van der Waals surface area contributed by atoms with Crippen LogP contribution >= 0.6 is 39.0 Å². The number of aryl methyl sites for hydroxylation is 1. The van der Waals surface area contributed by atoms with Gasteiger partial charge in [-0.25, -0.2) is 0 Å². The maximum atomic E-state index is 12.1. The molecule has 1 unspecified atom stereocenters. The maximum Gasteiger partial charge on any atom is 0.185 e. The molecule has 0 amide bonds. The van der Waals surface area contributed by atoms with Crippen LogP contribution < -0.4 is 0 Å². The van der Waals surface area contributed by atoms with E-state index in [2.05, 4.69) is 15.9 Å². The first-order valence-corrected chi connectivity index (χ1v) is 7.76. The molecule has 82 valence electrons. The van der Waals surface area contributed by atoms with E-state index in [1.54, 1.807) is 11.3 Å². The highest BCUT2D eigenvalue weighted by atomic mass is 79.9. The second kappa shape index (κ2) is 5.02. The molecule has 1 aromatic rings. The lowest BCUT2D eigenvalue weighted by Gasteiger charge is -2.18. The van der Waals surface area contributed by atoms with Crippen molar-refractivity contribution >= 4 is 44.8 Å². The molecule has 4 heteroatoms. The number of thioether (sulfide) groups is 1. The van der Waals surface area contributed by atoms with Crippen molar-refractivity contribution < 1.29 is 4.79 Å². The van der Waals surface area contributed by atoms with E-state index in [9.17, 15) is 4.79 Å². The number of rotatable bonds is 2. The summed E-state index contributed by atoms with van der Waals surface area (Å²) < 4.78 is 1.09. The number of hydrogen-bond donors (Lipinski definition) is 0. The van der Waals surface area contributed by atoms with E-state index in [4.69, 9.17) is 0 Å². The summed E-state index contributed by atoms with van der Waals surface area (Å²) >= 11 is 6.86. The van der Waals surface area contributed by atoms with E-state index in [-0.39, 0.29) is 5.25 Å². The third kappa shape index (κ3) is 2.66. The molecule has 0 aromatic carbocycles. The van der Waals surface area contributed by atoms with Crippen molar-refractivity contribution in [1.82, 2.24) is 0 Å². The van der Waals surface area contributed by atoms with E-state index in [1.807, 2.05) is 24.8 Å². The van der Waals surface area contributed by atoms with Gasteiger partial charge < -0.3 is 0 Å². The Balaban J connectivity index is 2.12. The van der Waals surface area contributed by atoms with Gasteiger partial charge in [-0.2, -0.15) is 11.8 Å². The van der Waals surface area contributed by atoms with Crippen molar-refractivity contribution in [3.05, 3.63) is 20.3 Å². The van der Waals surface area contributed by atoms with E-state index >= 15 is 0 Å². The van der Waals surface area contributed by atoms with Gasteiger partial charge >= 0.3 is 0 Å². The summed E-state index contributed by atoms with van der Waals surface area (Å²) in [7, 11) is 0. The van der Waals surface area contributed by atoms with E-state index < -0.39 is 0 Å². The van der Waals surface area contributed by atoms with Crippen molar-refractivity contribution in [2.75, 3.05) is 5.75 Å². The molecule has 1 nitrogen and oxygen atoms in total.